The van der Waals surface area contributed by atoms with E-state index in [4.69, 9.17) is 5.73 Å². The molecule has 6 heteroatoms. The first kappa shape index (κ1) is 10.2. The zero-order valence-corrected chi connectivity index (χ0v) is 8.22. The number of rotatable bonds is 3. The van der Waals surface area contributed by atoms with Crippen molar-refractivity contribution in [3.05, 3.63) is 36.3 Å². The fourth-order valence-corrected chi connectivity index (χ4v) is 1.28. The number of nitrogens with zero attached hydrogens (tertiary/aromatic N) is 2. The molecule has 0 bridgehead atoms. The van der Waals surface area contributed by atoms with Crippen LogP contribution in [-0.2, 0) is 4.79 Å². The van der Waals surface area contributed by atoms with E-state index in [9.17, 15) is 9.18 Å². The summed E-state index contributed by atoms with van der Waals surface area (Å²) in [6.45, 7) is 0. The van der Waals surface area contributed by atoms with E-state index in [2.05, 4.69) is 10.4 Å². The maximum atomic E-state index is 12.7. The molecule has 0 saturated carbocycles. The molecule has 5 nitrogen and oxygen atoms in total. The number of amides is 1. The maximum Gasteiger partial charge on any atom is 0.212 e. The van der Waals surface area contributed by atoms with Gasteiger partial charge in [0.2, 0.25) is 6.41 Å². The number of halogens is 1. The third-order valence-corrected chi connectivity index (χ3v) is 2.03. The molecule has 0 aliphatic rings. The van der Waals surface area contributed by atoms with Gasteiger partial charge in [-0.2, -0.15) is 0 Å². The molecule has 1 aromatic carbocycles. The number of benzene rings is 1. The minimum absolute atomic E-state index is 0.277. The Kier molecular flexibility index (Phi) is 2.55. The van der Waals surface area contributed by atoms with Crippen LogP contribution in [0.2, 0.25) is 0 Å². The minimum Gasteiger partial charge on any atom is -0.394 e. The van der Waals surface area contributed by atoms with Crippen molar-refractivity contribution >= 4 is 17.9 Å². The molecule has 0 spiro atoms. The highest BCUT2D eigenvalue weighted by Crippen LogP contribution is 2.18. The highest BCUT2D eigenvalue weighted by molar-refractivity contribution is 5.76. The van der Waals surface area contributed by atoms with E-state index in [-0.39, 0.29) is 11.6 Å². The molecule has 16 heavy (non-hydrogen) atoms. The summed E-state index contributed by atoms with van der Waals surface area (Å²) in [6, 6.07) is 5.76. The van der Waals surface area contributed by atoms with E-state index in [0.29, 0.717) is 17.8 Å². The van der Waals surface area contributed by atoms with Crippen LogP contribution < -0.4 is 11.1 Å². The van der Waals surface area contributed by atoms with Crippen LogP contribution in [-0.4, -0.2) is 16.2 Å². The molecule has 0 atom stereocenters. The third-order valence-electron chi connectivity index (χ3n) is 2.03. The lowest BCUT2D eigenvalue weighted by atomic mass is 10.3. The average Bonchev–Trinajstić information content (AvgIpc) is 2.62. The van der Waals surface area contributed by atoms with Crippen molar-refractivity contribution in [2.75, 3.05) is 11.1 Å². The molecule has 1 heterocycles. The SMILES string of the molecule is Nc1cn(-c2ccc(F)cc2)nc1NC=O. The number of hydrogen-bond donors (Lipinski definition) is 2. The largest absolute Gasteiger partial charge is 0.394 e. The van der Waals surface area contributed by atoms with Crippen LogP contribution in [0.1, 0.15) is 0 Å². The topological polar surface area (TPSA) is 72.9 Å². The van der Waals surface area contributed by atoms with E-state index in [1.54, 1.807) is 18.3 Å². The average molecular weight is 220 g/mol. The number of nitrogens with one attached hydrogen (secondary N) is 1. The minimum atomic E-state index is -0.324. The van der Waals surface area contributed by atoms with Crippen LogP contribution in [0.3, 0.4) is 0 Å². The Hall–Kier alpha value is -2.37. The first-order valence-corrected chi connectivity index (χ1v) is 4.52. The van der Waals surface area contributed by atoms with E-state index < -0.39 is 0 Å². The molecule has 1 amide bonds. The van der Waals surface area contributed by atoms with Gasteiger partial charge >= 0.3 is 0 Å². The van der Waals surface area contributed by atoms with Crippen LogP contribution in [0.15, 0.2) is 30.5 Å². The smallest absolute Gasteiger partial charge is 0.212 e. The summed E-state index contributed by atoms with van der Waals surface area (Å²) in [4.78, 5) is 10.3. The number of hydrogen-bond acceptors (Lipinski definition) is 3. The van der Waals surface area contributed by atoms with E-state index in [1.807, 2.05) is 0 Å². The number of anilines is 2. The Bertz CT molecular complexity index is 506. The predicted molar refractivity (Wildman–Crippen MR) is 57.6 cm³/mol. The van der Waals surface area contributed by atoms with Gasteiger partial charge < -0.3 is 11.1 Å². The van der Waals surface area contributed by atoms with Gasteiger partial charge in [-0.25, -0.2) is 9.07 Å². The van der Waals surface area contributed by atoms with Crippen molar-refractivity contribution in [2.24, 2.45) is 0 Å². The van der Waals surface area contributed by atoms with Crippen molar-refractivity contribution in [1.82, 2.24) is 9.78 Å². The van der Waals surface area contributed by atoms with Crippen LogP contribution in [0.25, 0.3) is 5.69 Å². The van der Waals surface area contributed by atoms with Crippen molar-refractivity contribution in [2.45, 2.75) is 0 Å². The normalized spacial score (nSPS) is 10.1. The van der Waals surface area contributed by atoms with E-state index in [1.165, 1.54) is 16.8 Å². The highest BCUT2D eigenvalue weighted by Gasteiger charge is 2.06. The van der Waals surface area contributed by atoms with Gasteiger partial charge in [0.1, 0.15) is 5.82 Å². The Labute approximate surface area is 90.7 Å². The third kappa shape index (κ3) is 1.85. The lowest BCUT2D eigenvalue weighted by Crippen LogP contribution is -1.99. The Morgan fingerprint density at radius 3 is 2.69 bits per heavy atom. The molecule has 0 unspecified atom stereocenters. The monoisotopic (exact) mass is 220 g/mol. The summed E-state index contributed by atoms with van der Waals surface area (Å²) in [5.41, 5.74) is 6.62. The van der Waals surface area contributed by atoms with Gasteiger partial charge in [-0.3, -0.25) is 4.79 Å². The number of nitrogens with two attached hydrogens (primary N) is 1. The zero-order chi connectivity index (χ0) is 11.5. The fourth-order valence-electron chi connectivity index (χ4n) is 1.28. The Morgan fingerprint density at radius 1 is 1.38 bits per heavy atom. The molecule has 0 radical (unpaired) electrons. The summed E-state index contributed by atoms with van der Waals surface area (Å²) >= 11 is 0. The molecule has 0 aliphatic heterocycles. The van der Waals surface area contributed by atoms with Gasteiger partial charge in [0.15, 0.2) is 5.82 Å². The standard InChI is InChI=1S/C10H9FN4O/c11-7-1-3-8(4-2-7)15-5-9(12)10(14-15)13-6-16/h1-6H,12H2,(H,13,14,16). The molecule has 0 fully saturated rings. The van der Waals surface area contributed by atoms with Gasteiger partial charge in [0, 0.05) is 0 Å². The molecule has 0 aliphatic carbocycles. The molecule has 2 rings (SSSR count). The summed E-state index contributed by atoms with van der Waals surface area (Å²) in [5, 5.41) is 6.39. The Morgan fingerprint density at radius 2 is 2.06 bits per heavy atom. The second-order valence-electron chi connectivity index (χ2n) is 3.12. The summed E-state index contributed by atoms with van der Waals surface area (Å²) in [5.74, 6) is -0.0468. The summed E-state index contributed by atoms with van der Waals surface area (Å²) in [6.07, 6.45) is 2.03. The Balaban J connectivity index is 2.37. The number of carbonyl (C=O) groups is 1. The molecular formula is C10H9FN4O. The van der Waals surface area contributed by atoms with Gasteiger partial charge in [0.25, 0.3) is 0 Å². The van der Waals surface area contributed by atoms with Gasteiger partial charge in [-0.1, -0.05) is 0 Å². The second kappa shape index (κ2) is 4.01. The quantitative estimate of drug-likeness (QED) is 0.762. The number of carbonyl (C=O) groups excluding carboxylic acids is 1. The fraction of sp³-hybridized carbons (Fsp3) is 0. The maximum absolute atomic E-state index is 12.7. The zero-order valence-electron chi connectivity index (χ0n) is 8.22. The van der Waals surface area contributed by atoms with Crippen molar-refractivity contribution in [1.29, 1.82) is 0 Å². The van der Waals surface area contributed by atoms with E-state index in [0.717, 1.165) is 0 Å². The molecule has 1 aromatic heterocycles. The second-order valence-corrected chi connectivity index (χ2v) is 3.12. The molecule has 2 aromatic rings. The van der Waals surface area contributed by atoms with Crippen LogP contribution in [0, 0.1) is 5.82 Å². The molecule has 0 saturated heterocycles. The lowest BCUT2D eigenvalue weighted by Gasteiger charge is -1.99. The van der Waals surface area contributed by atoms with Gasteiger partial charge in [0.05, 0.1) is 17.6 Å². The van der Waals surface area contributed by atoms with Crippen molar-refractivity contribution in [3.8, 4) is 5.69 Å². The predicted octanol–water partition coefficient (Wildman–Crippen LogP) is 1.16. The van der Waals surface area contributed by atoms with Crippen LogP contribution >= 0.6 is 0 Å². The van der Waals surface area contributed by atoms with Crippen LogP contribution in [0.4, 0.5) is 15.9 Å². The summed E-state index contributed by atoms with van der Waals surface area (Å²) in [7, 11) is 0. The lowest BCUT2D eigenvalue weighted by molar-refractivity contribution is -0.105. The molecular weight excluding hydrogens is 211 g/mol. The first-order chi connectivity index (χ1) is 7.70. The first-order valence-electron chi connectivity index (χ1n) is 4.52. The number of nitrogen functional groups attached to an aromatic ring is 1. The van der Waals surface area contributed by atoms with Crippen LogP contribution in [0.5, 0.6) is 0 Å². The molecule has 82 valence electrons. The number of aromatic nitrogens is 2. The summed E-state index contributed by atoms with van der Waals surface area (Å²) < 4.78 is 14.2. The van der Waals surface area contributed by atoms with Gasteiger partial charge in [-0.05, 0) is 24.3 Å². The van der Waals surface area contributed by atoms with Crippen molar-refractivity contribution < 1.29 is 9.18 Å². The van der Waals surface area contributed by atoms with Crippen molar-refractivity contribution in [3.63, 3.8) is 0 Å². The molecule has 3 N–H and O–H groups in total. The van der Waals surface area contributed by atoms with Gasteiger partial charge in [-0.15, -0.1) is 5.10 Å². The van der Waals surface area contributed by atoms with E-state index >= 15 is 0 Å². The highest BCUT2D eigenvalue weighted by atomic mass is 19.1.